The maximum atomic E-state index is 13.4. The molecule has 2 nitrogen and oxygen atoms in total. The van der Waals surface area contributed by atoms with Crippen molar-refractivity contribution in [3.8, 4) is 0 Å². The van der Waals surface area contributed by atoms with E-state index >= 15 is 0 Å². The molecule has 2 atom stereocenters. The van der Waals surface area contributed by atoms with Crippen molar-refractivity contribution in [1.29, 1.82) is 0 Å². The highest BCUT2D eigenvalue weighted by molar-refractivity contribution is 5.81. The predicted octanol–water partition coefficient (Wildman–Crippen LogP) is 2.39. The second-order valence-electron chi connectivity index (χ2n) is 4.06. The first-order valence-electron chi connectivity index (χ1n) is 4.89. The third-order valence-electron chi connectivity index (χ3n) is 2.72. The highest BCUT2D eigenvalue weighted by atomic mass is 19.4. The number of hydrogen-bond acceptors (Lipinski definition) is 1. The summed E-state index contributed by atoms with van der Waals surface area (Å²) in [6.45, 7) is -0.00215. The van der Waals surface area contributed by atoms with Crippen LogP contribution in [0.5, 0.6) is 0 Å². The molecule has 0 bridgehead atoms. The zero-order chi connectivity index (χ0) is 13.4. The van der Waals surface area contributed by atoms with Gasteiger partial charge in [-0.05, 0) is 6.42 Å². The van der Waals surface area contributed by atoms with Crippen LogP contribution in [0, 0.1) is 5.92 Å². The van der Waals surface area contributed by atoms with Crippen molar-refractivity contribution >= 4 is 5.91 Å². The van der Waals surface area contributed by atoms with Crippen LogP contribution in [0.1, 0.15) is 12.8 Å². The molecular weight excluding hydrogens is 252 g/mol. The fourth-order valence-corrected chi connectivity index (χ4v) is 1.74. The lowest BCUT2D eigenvalue weighted by Crippen LogP contribution is -2.44. The Morgan fingerprint density at radius 1 is 1.35 bits per heavy atom. The lowest BCUT2D eigenvalue weighted by Gasteiger charge is -2.25. The van der Waals surface area contributed by atoms with Gasteiger partial charge in [-0.25, -0.2) is 13.2 Å². The minimum atomic E-state index is -5.02. The van der Waals surface area contributed by atoms with E-state index in [1.807, 2.05) is 0 Å². The van der Waals surface area contributed by atoms with Crippen molar-refractivity contribution in [1.82, 2.24) is 4.90 Å². The van der Waals surface area contributed by atoms with E-state index in [9.17, 15) is 31.1 Å². The van der Waals surface area contributed by atoms with E-state index in [1.54, 1.807) is 0 Å². The normalized spacial score (nSPS) is 24.3. The van der Waals surface area contributed by atoms with Crippen LogP contribution in [0.2, 0.25) is 0 Å². The van der Waals surface area contributed by atoms with Gasteiger partial charge in [0.05, 0.1) is 6.42 Å². The Kier molecular flexibility index (Phi) is 3.63. The summed E-state index contributed by atoms with van der Waals surface area (Å²) in [6.07, 6.45) is -11.0. The van der Waals surface area contributed by atoms with Gasteiger partial charge in [0, 0.05) is 13.6 Å². The number of halogens is 6. The van der Waals surface area contributed by atoms with Gasteiger partial charge in [0.15, 0.2) is 6.17 Å². The number of rotatable bonds is 3. The van der Waals surface area contributed by atoms with E-state index in [-0.39, 0.29) is 13.0 Å². The Morgan fingerprint density at radius 3 is 2.24 bits per heavy atom. The van der Waals surface area contributed by atoms with Crippen molar-refractivity contribution < 1.29 is 31.1 Å². The van der Waals surface area contributed by atoms with E-state index < -0.39 is 36.5 Å². The molecule has 0 aromatic rings. The Morgan fingerprint density at radius 2 is 1.88 bits per heavy atom. The van der Waals surface area contributed by atoms with Crippen LogP contribution >= 0.6 is 0 Å². The average Bonchev–Trinajstić information content (AvgIpc) is 2.45. The molecule has 1 heterocycles. The van der Waals surface area contributed by atoms with Crippen LogP contribution in [0.15, 0.2) is 0 Å². The summed E-state index contributed by atoms with van der Waals surface area (Å²) in [5, 5.41) is 0. The fourth-order valence-electron chi connectivity index (χ4n) is 1.74. The van der Waals surface area contributed by atoms with Crippen molar-refractivity contribution in [2.75, 3.05) is 13.6 Å². The Labute approximate surface area is 93.6 Å². The fraction of sp³-hybridized carbons (Fsp3) is 0.889. The van der Waals surface area contributed by atoms with E-state index in [0.717, 1.165) is 4.90 Å². The number of amides is 1. The molecule has 0 saturated carbocycles. The van der Waals surface area contributed by atoms with Gasteiger partial charge >= 0.3 is 6.18 Å². The first kappa shape index (κ1) is 14.1. The maximum absolute atomic E-state index is 13.4. The zero-order valence-electron chi connectivity index (χ0n) is 8.90. The maximum Gasteiger partial charge on any atom is 0.392 e. The Hall–Kier alpha value is -0.950. The van der Waals surface area contributed by atoms with Crippen LogP contribution in [0.25, 0.3) is 0 Å². The number of nitrogens with zero attached hydrogens (tertiary/aromatic N) is 1. The van der Waals surface area contributed by atoms with Crippen molar-refractivity contribution in [2.24, 2.45) is 5.92 Å². The van der Waals surface area contributed by atoms with E-state index in [1.165, 1.54) is 7.05 Å². The second kappa shape index (κ2) is 4.38. The van der Waals surface area contributed by atoms with Crippen LogP contribution in [-0.2, 0) is 4.79 Å². The molecule has 100 valence electrons. The number of hydrogen-bond donors (Lipinski definition) is 0. The number of alkyl halides is 6. The highest BCUT2D eigenvalue weighted by Crippen LogP contribution is 2.40. The van der Waals surface area contributed by atoms with Gasteiger partial charge in [-0.3, -0.25) is 4.79 Å². The van der Waals surface area contributed by atoms with Gasteiger partial charge in [-0.1, -0.05) is 0 Å². The van der Waals surface area contributed by atoms with Crippen LogP contribution in [-0.4, -0.2) is 42.7 Å². The van der Waals surface area contributed by atoms with Gasteiger partial charge in [0.2, 0.25) is 5.91 Å². The molecule has 0 aromatic carbocycles. The highest BCUT2D eigenvalue weighted by Gasteiger charge is 2.56. The molecule has 1 aliphatic heterocycles. The summed E-state index contributed by atoms with van der Waals surface area (Å²) >= 11 is 0. The van der Waals surface area contributed by atoms with Crippen LogP contribution in [0.4, 0.5) is 26.3 Å². The summed E-state index contributed by atoms with van der Waals surface area (Å²) in [6, 6.07) is 0. The lowest BCUT2D eigenvalue weighted by atomic mass is 9.94. The van der Waals surface area contributed by atoms with Gasteiger partial charge in [-0.15, -0.1) is 0 Å². The minimum Gasteiger partial charge on any atom is -0.345 e. The van der Waals surface area contributed by atoms with Crippen molar-refractivity contribution in [3.63, 3.8) is 0 Å². The first-order chi connectivity index (χ1) is 7.55. The predicted molar refractivity (Wildman–Crippen MR) is 46.3 cm³/mol. The van der Waals surface area contributed by atoms with E-state index in [2.05, 4.69) is 0 Å². The summed E-state index contributed by atoms with van der Waals surface area (Å²) in [5.41, 5.74) is 0. The molecule has 0 spiro atoms. The molecule has 1 amide bonds. The zero-order valence-corrected chi connectivity index (χ0v) is 8.90. The standard InChI is InChI=1S/C9H11F6NO/c1-16-3-2-5(7(16)17)9(14,15)6(10)4-8(11,12)13/h5-6H,2-4H2,1H3. The van der Waals surface area contributed by atoms with Gasteiger partial charge in [0.1, 0.15) is 5.92 Å². The van der Waals surface area contributed by atoms with Crippen molar-refractivity contribution in [3.05, 3.63) is 0 Å². The van der Waals surface area contributed by atoms with E-state index in [4.69, 9.17) is 0 Å². The van der Waals surface area contributed by atoms with Gasteiger partial charge in [0.25, 0.3) is 5.92 Å². The van der Waals surface area contributed by atoms with Gasteiger partial charge < -0.3 is 4.90 Å². The molecule has 1 rings (SSSR count). The lowest BCUT2D eigenvalue weighted by molar-refractivity contribution is -0.192. The first-order valence-corrected chi connectivity index (χ1v) is 4.89. The molecular formula is C9H11F6NO. The third-order valence-corrected chi connectivity index (χ3v) is 2.72. The van der Waals surface area contributed by atoms with Crippen LogP contribution < -0.4 is 0 Å². The molecule has 0 aromatic heterocycles. The number of carbonyl (C=O) groups is 1. The smallest absolute Gasteiger partial charge is 0.345 e. The Bertz CT molecular complexity index is 302. The van der Waals surface area contributed by atoms with Crippen LogP contribution in [0.3, 0.4) is 0 Å². The molecule has 1 aliphatic rings. The largest absolute Gasteiger partial charge is 0.392 e. The van der Waals surface area contributed by atoms with Crippen molar-refractivity contribution in [2.45, 2.75) is 31.1 Å². The molecule has 1 saturated heterocycles. The monoisotopic (exact) mass is 263 g/mol. The molecule has 17 heavy (non-hydrogen) atoms. The molecule has 0 aliphatic carbocycles. The van der Waals surface area contributed by atoms with Gasteiger partial charge in [-0.2, -0.15) is 13.2 Å². The van der Waals surface area contributed by atoms with E-state index in [0.29, 0.717) is 0 Å². The molecule has 0 radical (unpaired) electrons. The summed E-state index contributed by atoms with van der Waals surface area (Å²) < 4.78 is 75.2. The number of carbonyl (C=O) groups excluding carboxylic acids is 1. The topological polar surface area (TPSA) is 20.3 Å². The molecule has 8 heteroatoms. The SMILES string of the molecule is CN1CCC(C(F)(F)C(F)CC(F)(F)F)C1=O. The Balaban J connectivity index is 2.77. The second-order valence-corrected chi connectivity index (χ2v) is 4.06. The average molecular weight is 263 g/mol. The summed E-state index contributed by atoms with van der Waals surface area (Å²) in [4.78, 5) is 12.2. The summed E-state index contributed by atoms with van der Waals surface area (Å²) in [7, 11) is 1.25. The molecule has 1 fully saturated rings. The minimum absolute atomic E-state index is 0.00215. The summed E-state index contributed by atoms with van der Waals surface area (Å²) in [5.74, 6) is -7.29. The molecule has 0 N–H and O–H groups in total. The quantitative estimate of drug-likeness (QED) is 0.716. The molecule has 2 unspecified atom stereocenters. The third kappa shape index (κ3) is 3.04. The number of likely N-dealkylation sites (tertiary alicyclic amines) is 1.